The van der Waals surface area contributed by atoms with Gasteiger partial charge >= 0.3 is 6.03 Å². The van der Waals surface area contributed by atoms with E-state index < -0.39 is 0 Å². The Kier molecular flexibility index (Phi) is 4.80. The second-order valence-electron chi connectivity index (χ2n) is 5.98. The lowest BCUT2D eigenvalue weighted by Crippen LogP contribution is -2.50. The summed E-state index contributed by atoms with van der Waals surface area (Å²) < 4.78 is 10.2. The summed E-state index contributed by atoms with van der Waals surface area (Å²) in [6.45, 7) is 5.32. The minimum atomic E-state index is -0.238. The van der Waals surface area contributed by atoms with E-state index in [1.807, 2.05) is 4.90 Å². The van der Waals surface area contributed by atoms with Gasteiger partial charge in [-0.05, 0) is 19.8 Å². The number of nitrogens with one attached hydrogen (secondary N) is 1. The van der Waals surface area contributed by atoms with Gasteiger partial charge in [0.15, 0.2) is 5.82 Å². The lowest BCUT2D eigenvalue weighted by Gasteiger charge is -2.36. The molecule has 8 nitrogen and oxygen atoms in total. The molecule has 0 aliphatic carbocycles. The van der Waals surface area contributed by atoms with Gasteiger partial charge in [-0.1, -0.05) is 5.16 Å². The number of aryl methyl sites for hydroxylation is 1. The largest absolute Gasteiger partial charge is 0.378 e. The van der Waals surface area contributed by atoms with E-state index in [0.29, 0.717) is 51.0 Å². The first-order valence-corrected chi connectivity index (χ1v) is 7.99. The van der Waals surface area contributed by atoms with Crippen molar-refractivity contribution in [3.05, 3.63) is 11.8 Å². The highest BCUT2D eigenvalue weighted by Gasteiger charge is 2.32. The third kappa shape index (κ3) is 3.82. The molecule has 2 aliphatic heterocycles. The molecule has 3 amide bonds. The first-order chi connectivity index (χ1) is 11.1. The zero-order valence-corrected chi connectivity index (χ0v) is 13.3. The molecule has 2 fully saturated rings. The predicted molar refractivity (Wildman–Crippen MR) is 82.0 cm³/mol. The van der Waals surface area contributed by atoms with Crippen molar-refractivity contribution in [1.82, 2.24) is 15.0 Å². The minimum absolute atomic E-state index is 0.128. The summed E-state index contributed by atoms with van der Waals surface area (Å²) in [5.41, 5.74) is 0. The van der Waals surface area contributed by atoms with Crippen LogP contribution in [0.25, 0.3) is 0 Å². The smallest absolute Gasteiger partial charge is 0.323 e. The van der Waals surface area contributed by atoms with Crippen molar-refractivity contribution in [1.29, 1.82) is 0 Å². The maximum absolute atomic E-state index is 12.6. The minimum Gasteiger partial charge on any atom is -0.378 e. The van der Waals surface area contributed by atoms with Crippen LogP contribution in [-0.4, -0.2) is 66.3 Å². The van der Waals surface area contributed by atoms with Gasteiger partial charge in [-0.3, -0.25) is 10.1 Å². The zero-order valence-electron chi connectivity index (χ0n) is 13.3. The quantitative estimate of drug-likeness (QED) is 0.880. The SMILES string of the molecule is Cc1cc(NC(=O)N2CCCC(C(=O)N3CCOCC3)C2)no1. The number of urea groups is 1. The molecular formula is C15H22N4O4. The maximum atomic E-state index is 12.6. The molecule has 0 spiro atoms. The Morgan fingerprint density at radius 2 is 2.04 bits per heavy atom. The van der Waals surface area contributed by atoms with Gasteiger partial charge in [-0.25, -0.2) is 4.79 Å². The van der Waals surface area contributed by atoms with Crippen molar-refractivity contribution in [3.8, 4) is 0 Å². The van der Waals surface area contributed by atoms with Gasteiger partial charge in [-0.15, -0.1) is 0 Å². The molecule has 0 saturated carbocycles. The van der Waals surface area contributed by atoms with Gasteiger partial charge < -0.3 is 19.1 Å². The predicted octanol–water partition coefficient (Wildman–Crippen LogP) is 1.09. The molecule has 1 aromatic heterocycles. The fourth-order valence-electron chi connectivity index (χ4n) is 3.02. The number of likely N-dealkylation sites (tertiary alicyclic amines) is 1. The molecule has 2 aliphatic rings. The fraction of sp³-hybridized carbons (Fsp3) is 0.667. The highest BCUT2D eigenvalue weighted by Crippen LogP contribution is 2.20. The van der Waals surface area contributed by atoms with E-state index >= 15 is 0 Å². The average Bonchev–Trinajstić information content (AvgIpc) is 3.00. The summed E-state index contributed by atoms with van der Waals surface area (Å²) in [6, 6.07) is 1.43. The molecular weight excluding hydrogens is 300 g/mol. The summed E-state index contributed by atoms with van der Waals surface area (Å²) >= 11 is 0. The number of hydrogen-bond donors (Lipinski definition) is 1. The Balaban J connectivity index is 1.56. The number of amides is 3. The van der Waals surface area contributed by atoms with E-state index in [-0.39, 0.29) is 17.9 Å². The highest BCUT2D eigenvalue weighted by molar-refractivity contribution is 5.89. The monoisotopic (exact) mass is 322 g/mol. The van der Waals surface area contributed by atoms with Gasteiger partial charge in [0.25, 0.3) is 0 Å². The molecule has 1 N–H and O–H groups in total. The number of morpholine rings is 1. The molecule has 3 rings (SSSR count). The molecule has 0 radical (unpaired) electrons. The van der Waals surface area contributed by atoms with Crippen LogP contribution in [0.1, 0.15) is 18.6 Å². The summed E-state index contributed by atoms with van der Waals surface area (Å²) in [7, 11) is 0. The molecule has 23 heavy (non-hydrogen) atoms. The van der Waals surface area contributed by atoms with Gasteiger partial charge in [0.2, 0.25) is 5.91 Å². The third-order valence-corrected chi connectivity index (χ3v) is 4.24. The Hall–Kier alpha value is -2.09. The standard InChI is InChI=1S/C15H22N4O4/c1-11-9-13(17-23-11)16-15(21)19-4-2-3-12(10-19)14(20)18-5-7-22-8-6-18/h9,12H,2-8,10H2,1H3,(H,16,17,21). The van der Waals surface area contributed by atoms with Crippen LogP contribution in [0.5, 0.6) is 0 Å². The molecule has 126 valence electrons. The van der Waals surface area contributed by atoms with Gasteiger partial charge in [0.05, 0.1) is 19.1 Å². The van der Waals surface area contributed by atoms with E-state index in [1.165, 1.54) is 0 Å². The number of carbonyl (C=O) groups excluding carboxylic acids is 2. The van der Waals surface area contributed by atoms with Crippen LogP contribution in [0, 0.1) is 12.8 Å². The normalized spacial score (nSPS) is 22.0. The number of carbonyl (C=O) groups is 2. The van der Waals surface area contributed by atoms with Gasteiger partial charge in [0.1, 0.15) is 5.76 Å². The summed E-state index contributed by atoms with van der Waals surface area (Å²) in [6.07, 6.45) is 1.65. The van der Waals surface area contributed by atoms with Gasteiger partial charge in [-0.2, -0.15) is 0 Å². The fourth-order valence-corrected chi connectivity index (χ4v) is 3.02. The zero-order chi connectivity index (χ0) is 16.2. The summed E-state index contributed by atoms with van der Waals surface area (Å²) in [5.74, 6) is 1.03. The van der Waals surface area contributed by atoms with Crippen molar-refractivity contribution in [3.63, 3.8) is 0 Å². The first kappa shape index (κ1) is 15.8. The molecule has 2 saturated heterocycles. The van der Waals surface area contributed by atoms with Crippen LogP contribution < -0.4 is 5.32 Å². The van der Waals surface area contributed by atoms with E-state index in [1.54, 1.807) is 17.9 Å². The van der Waals surface area contributed by atoms with Gasteiger partial charge in [0, 0.05) is 32.2 Å². The van der Waals surface area contributed by atoms with Crippen molar-refractivity contribution >= 4 is 17.8 Å². The van der Waals surface area contributed by atoms with Crippen LogP contribution in [0.3, 0.4) is 0 Å². The van der Waals surface area contributed by atoms with Crippen LogP contribution in [-0.2, 0) is 9.53 Å². The van der Waals surface area contributed by atoms with Crippen molar-refractivity contribution < 1.29 is 18.8 Å². The molecule has 8 heteroatoms. The Morgan fingerprint density at radius 3 is 2.74 bits per heavy atom. The van der Waals surface area contributed by atoms with Crippen LogP contribution in [0.2, 0.25) is 0 Å². The van der Waals surface area contributed by atoms with E-state index in [0.717, 1.165) is 12.8 Å². The number of anilines is 1. The van der Waals surface area contributed by atoms with Crippen LogP contribution >= 0.6 is 0 Å². The second-order valence-corrected chi connectivity index (χ2v) is 5.98. The molecule has 1 unspecified atom stereocenters. The highest BCUT2D eigenvalue weighted by atomic mass is 16.5. The molecule has 0 bridgehead atoms. The molecule has 3 heterocycles. The topological polar surface area (TPSA) is 87.9 Å². The maximum Gasteiger partial charge on any atom is 0.323 e. The summed E-state index contributed by atoms with van der Waals surface area (Å²) in [5, 5.41) is 6.46. The Bertz CT molecular complexity index is 568. The number of aromatic nitrogens is 1. The average molecular weight is 322 g/mol. The summed E-state index contributed by atoms with van der Waals surface area (Å²) in [4.78, 5) is 28.4. The van der Waals surface area contributed by atoms with Crippen molar-refractivity contribution in [2.24, 2.45) is 5.92 Å². The molecule has 1 atom stereocenters. The Morgan fingerprint density at radius 1 is 1.26 bits per heavy atom. The van der Waals surface area contributed by atoms with Crippen LogP contribution in [0.4, 0.5) is 10.6 Å². The number of rotatable bonds is 2. The second kappa shape index (κ2) is 6.99. The third-order valence-electron chi connectivity index (χ3n) is 4.24. The lowest BCUT2D eigenvalue weighted by molar-refractivity contribution is -0.141. The van der Waals surface area contributed by atoms with Crippen LogP contribution in [0.15, 0.2) is 10.6 Å². The number of nitrogens with zero attached hydrogens (tertiary/aromatic N) is 3. The first-order valence-electron chi connectivity index (χ1n) is 7.99. The molecule has 0 aromatic carbocycles. The number of ether oxygens (including phenoxy) is 1. The number of piperidine rings is 1. The van der Waals surface area contributed by atoms with Crippen molar-refractivity contribution in [2.45, 2.75) is 19.8 Å². The van der Waals surface area contributed by atoms with E-state index in [4.69, 9.17) is 9.26 Å². The van der Waals surface area contributed by atoms with E-state index in [2.05, 4.69) is 10.5 Å². The van der Waals surface area contributed by atoms with E-state index in [9.17, 15) is 9.59 Å². The molecule has 1 aromatic rings. The Labute approximate surface area is 134 Å². The number of hydrogen-bond acceptors (Lipinski definition) is 5. The lowest BCUT2D eigenvalue weighted by atomic mass is 9.96. The van der Waals surface area contributed by atoms with Crippen molar-refractivity contribution in [2.75, 3.05) is 44.7 Å².